The number of hydrogen-bond donors (Lipinski definition) is 1. The van der Waals surface area contributed by atoms with Gasteiger partial charge in [0.05, 0.1) is 6.26 Å². The van der Waals surface area contributed by atoms with Crippen molar-refractivity contribution in [2.45, 2.75) is 39.3 Å². The number of furan rings is 1. The second-order valence-electron chi connectivity index (χ2n) is 5.98. The first-order chi connectivity index (χ1) is 7.17. The fraction of sp³-hybridized carbons (Fsp3) is 0.545. The Morgan fingerprint density at radius 1 is 1.19 bits per heavy atom. The Balaban J connectivity index is 3.01. The van der Waals surface area contributed by atoms with Gasteiger partial charge >= 0.3 is 0 Å². The standard InChI is InChI=1S/C11H22N2OSi2/c1-15(2,3)12-11(13-16(4,5)6)10-8-7-9-14-10/h7-9H,1-6H3,(H,12,13). The molecule has 16 heavy (non-hydrogen) atoms. The van der Waals surface area contributed by atoms with Gasteiger partial charge in [-0.25, -0.2) is 0 Å². The van der Waals surface area contributed by atoms with Gasteiger partial charge in [0.2, 0.25) is 0 Å². The van der Waals surface area contributed by atoms with E-state index >= 15 is 0 Å². The Labute approximate surface area is 100 Å². The normalized spacial score (nSPS) is 14.0. The Hall–Kier alpha value is -0.816. The molecule has 0 radical (unpaired) electrons. The van der Waals surface area contributed by atoms with Crippen molar-refractivity contribution in [2.24, 2.45) is 4.66 Å². The second kappa shape index (κ2) is 4.59. The molecule has 0 aromatic carbocycles. The Morgan fingerprint density at radius 3 is 2.19 bits per heavy atom. The van der Waals surface area contributed by atoms with E-state index in [1.165, 1.54) is 0 Å². The van der Waals surface area contributed by atoms with Crippen LogP contribution in [0.4, 0.5) is 0 Å². The maximum atomic E-state index is 5.44. The van der Waals surface area contributed by atoms with E-state index in [9.17, 15) is 0 Å². The van der Waals surface area contributed by atoms with E-state index in [2.05, 4.69) is 44.3 Å². The van der Waals surface area contributed by atoms with E-state index in [1.807, 2.05) is 12.1 Å². The van der Waals surface area contributed by atoms with Gasteiger partial charge in [-0.15, -0.1) is 0 Å². The van der Waals surface area contributed by atoms with Crippen molar-refractivity contribution in [1.29, 1.82) is 0 Å². The SMILES string of the molecule is C[Si](C)(C)/N=C(\N[Si](C)(C)C)c1ccco1. The third-order valence-corrected chi connectivity index (χ3v) is 3.58. The van der Waals surface area contributed by atoms with E-state index in [-0.39, 0.29) is 0 Å². The van der Waals surface area contributed by atoms with Crippen molar-refractivity contribution in [3.8, 4) is 0 Å². The Morgan fingerprint density at radius 2 is 1.81 bits per heavy atom. The molecular weight excluding hydrogens is 232 g/mol. The summed E-state index contributed by atoms with van der Waals surface area (Å²) in [6.45, 7) is 13.5. The molecule has 0 bridgehead atoms. The van der Waals surface area contributed by atoms with Gasteiger partial charge in [0.25, 0.3) is 0 Å². The molecule has 0 aliphatic rings. The monoisotopic (exact) mass is 254 g/mol. The molecule has 0 fully saturated rings. The van der Waals surface area contributed by atoms with Gasteiger partial charge in [0.15, 0.2) is 14.0 Å². The highest BCUT2D eigenvalue weighted by Crippen LogP contribution is 2.09. The topological polar surface area (TPSA) is 37.5 Å². The Bertz CT molecular complexity index is 358. The molecule has 0 atom stereocenters. The lowest BCUT2D eigenvalue weighted by Crippen LogP contribution is -2.46. The zero-order chi connectivity index (χ0) is 12.4. The minimum atomic E-state index is -1.49. The van der Waals surface area contributed by atoms with Crippen LogP contribution in [0.2, 0.25) is 39.3 Å². The second-order valence-corrected chi connectivity index (χ2v) is 15.3. The lowest BCUT2D eigenvalue weighted by molar-refractivity contribution is 0.556. The maximum Gasteiger partial charge on any atom is 0.175 e. The van der Waals surface area contributed by atoms with Gasteiger partial charge < -0.3 is 14.1 Å². The zero-order valence-corrected chi connectivity index (χ0v) is 13.1. The largest absolute Gasteiger partial charge is 0.461 e. The molecule has 1 rings (SSSR count). The average Bonchev–Trinajstić information content (AvgIpc) is 2.47. The molecule has 0 aliphatic heterocycles. The molecule has 90 valence electrons. The van der Waals surface area contributed by atoms with Gasteiger partial charge in [-0.05, 0) is 31.8 Å². The summed E-state index contributed by atoms with van der Waals surface area (Å²) in [6, 6.07) is 3.87. The quantitative estimate of drug-likeness (QED) is 0.510. The lowest BCUT2D eigenvalue weighted by Gasteiger charge is -2.22. The van der Waals surface area contributed by atoms with Crippen LogP contribution in [0.1, 0.15) is 5.76 Å². The lowest BCUT2D eigenvalue weighted by atomic mass is 10.4. The number of amidine groups is 1. The summed E-state index contributed by atoms with van der Waals surface area (Å²) in [5.41, 5.74) is 0. The first kappa shape index (κ1) is 13.2. The first-order valence-electron chi connectivity index (χ1n) is 5.59. The van der Waals surface area contributed by atoms with Crippen LogP contribution in [0.5, 0.6) is 0 Å². The molecule has 0 saturated heterocycles. The maximum absolute atomic E-state index is 5.44. The molecule has 5 heteroatoms. The average molecular weight is 254 g/mol. The van der Waals surface area contributed by atoms with E-state index in [0.29, 0.717) is 0 Å². The summed E-state index contributed by atoms with van der Waals surface area (Å²) in [5, 5.41) is 0. The molecular formula is C11H22N2OSi2. The molecule has 1 heterocycles. The van der Waals surface area contributed by atoms with Crippen molar-refractivity contribution in [1.82, 2.24) is 4.98 Å². The van der Waals surface area contributed by atoms with Gasteiger partial charge in [0.1, 0.15) is 14.1 Å². The third-order valence-electron chi connectivity index (χ3n) is 1.70. The van der Waals surface area contributed by atoms with Gasteiger partial charge in [-0.2, -0.15) is 0 Å². The minimum absolute atomic E-state index is 0.852. The first-order valence-corrected chi connectivity index (χ1v) is 12.5. The number of hydrogen-bond acceptors (Lipinski definition) is 2. The smallest absolute Gasteiger partial charge is 0.175 e. The van der Waals surface area contributed by atoms with Crippen LogP contribution in [0.15, 0.2) is 27.5 Å². The molecule has 0 saturated carbocycles. The highest BCUT2D eigenvalue weighted by molar-refractivity contribution is 6.78. The fourth-order valence-corrected chi connectivity index (χ4v) is 3.09. The number of nitrogens with one attached hydrogen (secondary N) is 1. The highest BCUT2D eigenvalue weighted by Gasteiger charge is 2.21. The molecule has 1 N–H and O–H groups in total. The Kier molecular flexibility index (Phi) is 3.80. The third kappa shape index (κ3) is 4.80. The van der Waals surface area contributed by atoms with Crippen molar-refractivity contribution < 1.29 is 4.42 Å². The van der Waals surface area contributed by atoms with Gasteiger partial charge in [0, 0.05) is 0 Å². The molecule has 1 aromatic rings. The van der Waals surface area contributed by atoms with Crippen LogP contribution < -0.4 is 4.98 Å². The van der Waals surface area contributed by atoms with E-state index in [0.717, 1.165) is 11.6 Å². The summed E-state index contributed by atoms with van der Waals surface area (Å²) >= 11 is 0. The van der Waals surface area contributed by atoms with Gasteiger partial charge in [-0.1, -0.05) is 19.6 Å². The minimum Gasteiger partial charge on any atom is -0.461 e. The van der Waals surface area contributed by atoms with Gasteiger partial charge in [-0.3, -0.25) is 0 Å². The molecule has 3 nitrogen and oxygen atoms in total. The summed E-state index contributed by atoms with van der Waals surface area (Å²) in [7, 11) is -2.88. The van der Waals surface area contributed by atoms with Crippen molar-refractivity contribution in [3.05, 3.63) is 24.2 Å². The number of nitrogens with zero attached hydrogens (tertiary/aromatic N) is 1. The molecule has 0 unspecified atom stereocenters. The predicted octanol–water partition coefficient (Wildman–Crippen LogP) is 3.29. The van der Waals surface area contributed by atoms with Crippen LogP contribution >= 0.6 is 0 Å². The number of rotatable bonds is 3. The fourth-order valence-electron chi connectivity index (χ4n) is 1.25. The van der Waals surface area contributed by atoms with Crippen LogP contribution in [0.25, 0.3) is 0 Å². The highest BCUT2D eigenvalue weighted by atomic mass is 28.3. The summed E-state index contributed by atoms with van der Waals surface area (Å²) in [5.74, 6) is 1.79. The molecule has 1 aromatic heterocycles. The summed E-state index contributed by atoms with van der Waals surface area (Å²) in [4.78, 5) is 3.55. The summed E-state index contributed by atoms with van der Waals surface area (Å²) < 4.78 is 10.3. The van der Waals surface area contributed by atoms with Crippen LogP contribution in [-0.4, -0.2) is 22.3 Å². The molecule has 0 amide bonds. The van der Waals surface area contributed by atoms with E-state index < -0.39 is 16.5 Å². The van der Waals surface area contributed by atoms with Crippen LogP contribution in [0.3, 0.4) is 0 Å². The predicted molar refractivity (Wildman–Crippen MR) is 75.1 cm³/mol. The van der Waals surface area contributed by atoms with Crippen molar-refractivity contribution in [3.63, 3.8) is 0 Å². The van der Waals surface area contributed by atoms with Crippen molar-refractivity contribution >= 4 is 22.3 Å². The van der Waals surface area contributed by atoms with Crippen molar-refractivity contribution in [2.75, 3.05) is 0 Å². The zero-order valence-electron chi connectivity index (χ0n) is 11.1. The van der Waals surface area contributed by atoms with E-state index in [4.69, 9.17) is 9.08 Å². The van der Waals surface area contributed by atoms with Crippen LogP contribution in [-0.2, 0) is 0 Å². The molecule has 0 spiro atoms. The van der Waals surface area contributed by atoms with E-state index in [1.54, 1.807) is 6.26 Å². The summed E-state index contributed by atoms with van der Waals surface area (Å²) in [6.07, 6.45) is 1.70. The van der Waals surface area contributed by atoms with Crippen LogP contribution in [0, 0.1) is 0 Å². The molecule has 0 aliphatic carbocycles.